The predicted octanol–water partition coefficient (Wildman–Crippen LogP) is 3.01. The van der Waals surface area contributed by atoms with E-state index in [9.17, 15) is 0 Å². The van der Waals surface area contributed by atoms with Crippen molar-refractivity contribution in [3.05, 3.63) is 45.4 Å². The molecule has 1 aromatic heterocycles. The molecule has 0 saturated heterocycles. The lowest BCUT2D eigenvalue weighted by Crippen LogP contribution is -2.13. The molecule has 5 heteroatoms. The van der Waals surface area contributed by atoms with Crippen LogP contribution in [0.25, 0.3) is 0 Å². The molecule has 1 aromatic carbocycles. The standard InChI is InChI=1S/C13H15N3S2/c1-8-3-4-12(11(5-8)13(14)17)15-6-10-7-18-9(2)16-10/h3-5,7,15H,6H2,1-2H3,(H2,14,17). The molecule has 0 spiro atoms. The Balaban J connectivity index is 2.16. The highest BCUT2D eigenvalue weighted by Gasteiger charge is 2.06. The van der Waals surface area contributed by atoms with Crippen LogP contribution < -0.4 is 11.1 Å². The average molecular weight is 277 g/mol. The smallest absolute Gasteiger partial charge is 0.106 e. The van der Waals surface area contributed by atoms with Gasteiger partial charge in [-0.15, -0.1) is 11.3 Å². The van der Waals surface area contributed by atoms with Crippen LogP contribution in [-0.4, -0.2) is 9.97 Å². The highest BCUT2D eigenvalue weighted by molar-refractivity contribution is 7.80. The fourth-order valence-corrected chi connectivity index (χ4v) is 2.47. The van der Waals surface area contributed by atoms with E-state index in [4.69, 9.17) is 18.0 Å². The van der Waals surface area contributed by atoms with E-state index in [2.05, 4.69) is 15.7 Å². The molecule has 94 valence electrons. The maximum absolute atomic E-state index is 5.73. The van der Waals surface area contributed by atoms with E-state index in [0.29, 0.717) is 11.5 Å². The monoisotopic (exact) mass is 277 g/mol. The first-order valence-electron chi connectivity index (χ1n) is 5.61. The van der Waals surface area contributed by atoms with Crippen LogP contribution in [0, 0.1) is 13.8 Å². The zero-order chi connectivity index (χ0) is 13.1. The third kappa shape index (κ3) is 3.05. The van der Waals surface area contributed by atoms with Gasteiger partial charge in [0.05, 0.1) is 17.2 Å². The molecule has 1 heterocycles. The first-order valence-corrected chi connectivity index (χ1v) is 6.90. The average Bonchev–Trinajstić information content (AvgIpc) is 2.73. The molecular formula is C13H15N3S2. The number of hydrogen-bond donors (Lipinski definition) is 2. The van der Waals surface area contributed by atoms with E-state index in [1.807, 2.05) is 32.0 Å². The Bertz CT molecular complexity index is 575. The lowest BCUT2D eigenvalue weighted by molar-refractivity contribution is 1.05. The minimum atomic E-state index is 0.413. The lowest BCUT2D eigenvalue weighted by Gasteiger charge is -2.11. The molecule has 0 saturated carbocycles. The van der Waals surface area contributed by atoms with Crippen LogP contribution in [0.4, 0.5) is 5.69 Å². The molecule has 2 rings (SSSR count). The van der Waals surface area contributed by atoms with Crippen LogP contribution in [0.3, 0.4) is 0 Å². The van der Waals surface area contributed by atoms with Gasteiger partial charge in [-0.3, -0.25) is 0 Å². The Kier molecular flexibility index (Phi) is 3.93. The quantitative estimate of drug-likeness (QED) is 0.844. The van der Waals surface area contributed by atoms with Gasteiger partial charge in [0.2, 0.25) is 0 Å². The first-order chi connectivity index (χ1) is 8.56. The van der Waals surface area contributed by atoms with Crippen LogP contribution >= 0.6 is 23.6 Å². The van der Waals surface area contributed by atoms with Crippen molar-refractivity contribution < 1.29 is 0 Å². The number of nitrogens with zero attached hydrogens (tertiary/aromatic N) is 1. The maximum atomic E-state index is 5.73. The number of hydrogen-bond acceptors (Lipinski definition) is 4. The van der Waals surface area contributed by atoms with Gasteiger partial charge < -0.3 is 11.1 Å². The van der Waals surface area contributed by atoms with Crippen molar-refractivity contribution in [2.45, 2.75) is 20.4 Å². The fraction of sp³-hybridized carbons (Fsp3) is 0.231. The summed E-state index contributed by atoms with van der Waals surface area (Å²) in [4.78, 5) is 4.82. The molecule has 0 bridgehead atoms. The second-order valence-corrected chi connectivity index (χ2v) is 5.63. The summed E-state index contributed by atoms with van der Waals surface area (Å²) in [6.07, 6.45) is 0. The van der Waals surface area contributed by atoms with Crippen molar-refractivity contribution in [1.29, 1.82) is 0 Å². The molecule has 18 heavy (non-hydrogen) atoms. The molecule has 0 amide bonds. The molecule has 0 aliphatic heterocycles. The van der Waals surface area contributed by atoms with Crippen molar-refractivity contribution in [3.63, 3.8) is 0 Å². The molecule has 3 N–H and O–H groups in total. The van der Waals surface area contributed by atoms with Gasteiger partial charge in [0.25, 0.3) is 0 Å². The van der Waals surface area contributed by atoms with E-state index < -0.39 is 0 Å². The van der Waals surface area contributed by atoms with E-state index >= 15 is 0 Å². The minimum absolute atomic E-state index is 0.413. The number of aryl methyl sites for hydroxylation is 2. The Morgan fingerprint density at radius 3 is 2.83 bits per heavy atom. The maximum Gasteiger partial charge on any atom is 0.106 e. The molecule has 0 unspecified atom stereocenters. The summed E-state index contributed by atoms with van der Waals surface area (Å²) >= 11 is 6.72. The van der Waals surface area contributed by atoms with Crippen LogP contribution in [0.1, 0.15) is 21.8 Å². The summed E-state index contributed by atoms with van der Waals surface area (Å²) < 4.78 is 0. The Morgan fingerprint density at radius 2 is 2.22 bits per heavy atom. The van der Waals surface area contributed by atoms with Crippen LogP contribution in [0.15, 0.2) is 23.6 Å². The number of nitrogens with one attached hydrogen (secondary N) is 1. The molecular weight excluding hydrogens is 262 g/mol. The summed E-state index contributed by atoms with van der Waals surface area (Å²) in [5.74, 6) is 0. The third-order valence-electron chi connectivity index (χ3n) is 2.57. The van der Waals surface area contributed by atoms with Crippen LogP contribution in [0.2, 0.25) is 0 Å². The largest absolute Gasteiger partial charge is 0.389 e. The summed E-state index contributed by atoms with van der Waals surface area (Å²) in [6, 6.07) is 6.04. The predicted molar refractivity (Wildman–Crippen MR) is 81.2 cm³/mol. The summed E-state index contributed by atoms with van der Waals surface area (Å²) in [7, 11) is 0. The van der Waals surface area contributed by atoms with Gasteiger partial charge in [-0.25, -0.2) is 4.98 Å². The summed E-state index contributed by atoms with van der Waals surface area (Å²) in [6.45, 7) is 4.71. The molecule has 0 aliphatic rings. The van der Waals surface area contributed by atoms with Gasteiger partial charge in [-0.05, 0) is 26.0 Å². The van der Waals surface area contributed by atoms with Gasteiger partial charge >= 0.3 is 0 Å². The van der Waals surface area contributed by atoms with E-state index in [1.165, 1.54) is 0 Å². The van der Waals surface area contributed by atoms with E-state index in [0.717, 1.165) is 27.5 Å². The first kappa shape index (κ1) is 13.0. The lowest BCUT2D eigenvalue weighted by atomic mass is 10.1. The number of thiazole rings is 1. The van der Waals surface area contributed by atoms with Crippen molar-refractivity contribution >= 4 is 34.2 Å². The van der Waals surface area contributed by atoms with Gasteiger partial charge in [-0.2, -0.15) is 0 Å². The number of anilines is 1. The molecule has 2 aromatic rings. The Hall–Kier alpha value is -1.46. The number of rotatable bonds is 4. The molecule has 0 atom stereocenters. The minimum Gasteiger partial charge on any atom is -0.389 e. The molecule has 0 fully saturated rings. The third-order valence-corrected chi connectivity index (χ3v) is 3.61. The van der Waals surface area contributed by atoms with Crippen molar-refractivity contribution in [1.82, 2.24) is 4.98 Å². The van der Waals surface area contributed by atoms with Crippen molar-refractivity contribution in [3.8, 4) is 0 Å². The van der Waals surface area contributed by atoms with Gasteiger partial charge in [0.15, 0.2) is 0 Å². The molecule has 3 nitrogen and oxygen atoms in total. The zero-order valence-electron chi connectivity index (χ0n) is 10.4. The highest BCUT2D eigenvalue weighted by atomic mass is 32.1. The number of thiocarbonyl (C=S) groups is 1. The zero-order valence-corrected chi connectivity index (χ0v) is 12.0. The summed E-state index contributed by atoms with van der Waals surface area (Å²) in [5.41, 5.74) is 9.76. The number of benzene rings is 1. The van der Waals surface area contributed by atoms with Gasteiger partial charge in [0.1, 0.15) is 4.99 Å². The van der Waals surface area contributed by atoms with E-state index in [-0.39, 0.29) is 0 Å². The van der Waals surface area contributed by atoms with Crippen molar-refractivity contribution in [2.24, 2.45) is 5.73 Å². The van der Waals surface area contributed by atoms with Crippen LogP contribution in [-0.2, 0) is 6.54 Å². The molecule has 0 radical (unpaired) electrons. The van der Waals surface area contributed by atoms with Crippen molar-refractivity contribution in [2.75, 3.05) is 5.32 Å². The summed E-state index contributed by atoms with van der Waals surface area (Å²) in [5, 5.41) is 6.45. The van der Waals surface area contributed by atoms with Gasteiger partial charge in [0, 0.05) is 16.6 Å². The Morgan fingerprint density at radius 1 is 1.44 bits per heavy atom. The second-order valence-electron chi connectivity index (χ2n) is 4.12. The fourth-order valence-electron chi connectivity index (χ4n) is 1.69. The number of aromatic nitrogens is 1. The highest BCUT2D eigenvalue weighted by Crippen LogP contribution is 2.18. The number of nitrogens with two attached hydrogens (primary N) is 1. The topological polar surface area (TPSA) is 50.9 Å². The Labute approximate surface area is 116 Å². The van der Waals surface area contributed by atoms with E-state index in [1.54, 1.807) is 11.3 Å². The SMILES string of the molecule is Cc1ccc(NCc2csc(C)n2)c(C(N)=S)c1. The second kappa shape index (κ2) is 5.46. The van der Waals surface area contributed by atoms with Crippen LogP contribution in [0.5, 0.6) is 0 Å². The molecule has 0 aliphatic carbocycles. The van der Waals surface area contributed by atoms with Gasteiger partial charge in [-0.1, -0.05) is 23.8 Å². The normalized spacial score (nSPS) is 10.3.